The molecule has 3 rings (SSSR count). The zero-order valence-electron chi connectivity index (χ0n) is 11.7. The Hall–Kier alpha value is -2.01. The number of hydrogen-bond acceptors (Lipinski definition) is 4. The molecule has 1 aromatic carbocycles. The molecule has 2 heterocycles. The summed E-state index contributed by atoms with van der Waals surface area (Å²) in [7, 11) is 2.01. The van der Waals surface area contributed by atoms with E-state index in [2.05, 4.69) is 39.5 Å². The molecule has 1 fully saturated rings. The van der Waals surface area contributed by atoms with Crippen molar-refractivity contribution in [1.29, 1.82) is 0 Å². The summed E-state index contributed by atoms with van der Waals surface area (Å²) in [4.78, 5) is 6.47. The monoisotopic (exact) mass is 272 g/mol. The standard InChI is InChI=1S/C15H20N4O/c1-18-12-16-10-15(18)11-17-13-2-4-14(5-3-13)19-6-8-20-9-7-19/h2-5,10,12,17H,6-9,11H2,1H3. The molecule has 1 N–H and O–H groups in total. The van der Waals surface area contributed by atoms with Gasteiger partial charge in [0.05, 0.1) is 31.8 Å². The molecular formula is C15H20N4O. The summed E-state index contributed by atoms with van der Waals surface area (Å²) in [5, 5.41) is 3.41. The second-order valence-corrected chi connectivity index (χ2v) is 5.00. The molecule has 106 valence electrons. The molecule has 2 aromatic rings. The lowest BCUT2D eigenvalue weighted by Gasteiger charge is -2.28. The third-order valence-electron chi connectivity index (χ3n) is 3.63. The molecule has 0 amide bonds. The number of aromatic nitrogens is 2. The van der Waals surface area contributed by atoms with E-state index in [1.54, 1.807) is 0 Å². The summed E-state index contributed by atoms with van der Waals surface area (Å²) in [5.41, 5.74) is 3.56. The van der Waals surface area contributed by atoms with E-state index in [-0.39, 0.29) is 0 Å². The van der Waals surface area contributed by atoms with Gasteiger partial charge in [-0.15, -0.1) is 0 Å². The second kappa shape index (κ2) is 5.96. The fraction of sp³-hybridized carbons (Fsp3) is 0.400. The van der Waals surface area contributed by atoms with Crippen LogP contribution in [0.15, 0.2) is 36.8 Å². The lowest BCUT2D eigenvalue weighted by Crippen LogP contribution is -2.36. The number of rotatable bonds is 4. The summed E-state index contributed by atoms with van der Waals surface area (Å²) in [5.74, 6) is 0. The number of anilines is 2. The van der Waals surface area contributed by atoms with Gasteiger partial charge in [0.1, 0.15) is 0 Å². The van der Waals surface area contributed by atoms with Crippen LogP contribution >= 0.6 is 0 Å². The Labute approximate surface area is 119 Å². The first-order valence-electron chi connectivity index (χ1n) is 6.95. The zero-order chi connectivity index (χ0) is 13.8. The summed E-state index contributed by atoms with van der Waals surface area (Å²) < 4.78 is 7.40. The molecule has 0 saturated carbocycles. The maximum atomic E-state index is 5.37. The van der Waals surface area contributed by atoms with Crippen molar-refractivity contribution in [3.05, 3.63) is 42.5 Å². The Morgan fingerprint density at radius 2 is 1.95 bits per heavy atom. The summed E-state index contributed by atoms with van der Waals surface area (Å²) >= 11 is 0. The first kappa shape index (κ1) is 13.0. The number of ether oxygens (including phenoxy) is 1. The van der Waals surface area contributed by atoms with Gasteiger partial charge in [-0.25, -0.2) is 4.98 Å². The summed E-state index contributed by atoms with van der Waals surface area (Å²) in [6.07, 6.45) is 3.70. The minimum absolute atomic E-state index is 0.785. The van der Waals surface area contributed by atoms with Gasteiger partial charge in [0.2, 0.25) is 0 Å². The Balaban J connectivity index is 1.59. The van der Waals surface area contributed by atoms with Crippen molar-refractivity contribution in [2.45, 2.75) is 6.54 Å². The predicted octanol–water partition coefficient (Wildman–Crippen LogP) is 1.87. The molecule has 1 aliphatic rings. The molecule has 0 atom stereocenters. The Kier molecular flexibility index (Phi) is 3.87. The number of hydrogen-bond donors (Lipinski definition) is 1. The van der Waals surface area contributed by atoms with E-state index in [1.165, 1.54) is 11.4 Å². The van der Waals surface area contributed by atoms with E-state index in [0.29, 0.717) is 0 Å². The van der Waals surface area contributed by atoms with Gasteiger partial charge in [-0.05, 0) is 24.3 Å². The van der Waals surface area contributed by atoms with Gasteiger partial charge in [0, 0.05) is 37.7 Å². The van der Waals surface area contributed by atoms with E-state index >= 15 is 0 Å². The number of aryl methyl sites for hydroxylation is 1. The van der Waals surface area contributed by atoms with E-state index in [4.69, 9.17) is 4.74 Å². The Bertz CT molecular complexity index is 543. The minimum atomic E-state index is 0.785. The van der Waals surface area contributed by atoms with Crippen molar-refractivity contribution < 1.29 is 4.74 Å². The number of morpholine rings is 1. The molecule has 1 saturated heterocycles. The fourth-order valence-corrected chi connectivity index (χ4v) is 2.36. The van der Waals surface area contributed by atoms with Gasteiger partial charge in [0.15, 0.2) is 0 Å². The molecule has 0 bridgehead atoms. The third kappa shape index (κ3) is 2.93. The minimum Gasteiger partial charge on any atom is -0.379 e. The summed E-state index contributed by atoms with van der Waals surface area (Å²) in [6.45, 7) is 4.37. The highest BCUT2D eigenvalue weighted by atomic mass is 16.5. The van der Waals surface area contributed by atoms with E-state index in [1.807, 2.05) is 24.1 Å². The van der Waals surface area contributed by atoms with Crippen LogP contribution in [0.5, 0.6) is 0 Å². The second-order valence-electron chi connectivity index (χ2n) is 5.00. The molecule has 0 spiro atoms. The normalized spacial score (nSPS) is 15.3. The van der Waals surface area contributed by atoms with Crippen molar-refractivity contribution in [3.63, 3.8) is 0 Å². The highest BCUT2D eigenvalue weighted by molar-refractivity contribution is 5.55. The van der Waals surface area contributed by atoms with E-state index in [9.17, 15) is 0 Å². The number of nitrogens with zero attached hydrogens (tertiary/aromatic N) is 3. The fourth-order valence-electron chi connectivity index (χ4n) is 2.36. The van der Waals surface area contributed by atoms with Gasteiger partial charge in [-0.2, -0.15) is 0 Å². The highest BCUT2D eigenvalue weighted by Gasteiger charge is 2.10. The van der Waals surface area contributed by atoms with Crippen molar-refractivity contribution in [2.24, 2.45) is 7.05 Å². The zero-order valence-corrected chi connectivity index (χ0v) is 11.7. The van der Waals surface area contributed by atoms with Crippen molar-refractivity contribution >= 4 is 11.4 Å². The average Bonchev–Trinajstić information content (AvgIpc) is 2.92. The quantitative estimate of drug-likeness (QED) is 0.922. The number of benzene rings is 1. The van der Waals surface area contributed by atoms with Crippen LogP contribution in [0.25, 0.3) is 0 Å². The van der Waals surface area contributed by atoms with E-state index < -0.39 is 0 Å². The predicted molar refractivity (Wildman–Crippen MR) is 80.0 cm³/mol. The summed E-state index contributed by atoms with van der Waals surface area (Å²) in [6, 6.07) is 8.58. The molecule has 0 unspecified atom stereocenters. The third-order valence-corrected chi connectivity index (χ3v) is 3.63. The number of imidazole rings is 1. The molecule has 0 aliphatic carbocycles. The molecule has 1 aliphatic heterocycles. The molecular weight excluding hydrogens is 252 g/mol. The molecule has 1 aromatic heterocycles. The number of nitrogens with one attached hydrogen (secondary N) is 1. The molecule has 0 radical (unpaired) electrons. The van der Waals surface area contributed by atoms with Crippen molar-refractivity contribution in [3.8, 4) is 0 Å². The van der Waals surface area contributed by atoms with Gasteiger partial charge in [-0.3, -0.25) is 0 Å². The Morgan fingerprint density at radius 1 is 1.20 bits per heavy atom. The maximum Gasteiger partial charge on any atom is 0.0946 e. The van der Waals surface area contributed by atoms with Crippen LogP contribution in [0, 0.1) is 0 Å². The van der Waals surface area contributed by atoms with Gasteiger partial charge in [-0.1, -0.05) is 0 Å². The highest BCUT2D eigenvalue weighted by Crippen LogP contribution is 2.19. The van der Waals surface area contributed by atoms with Crippen LogP contribution in [0.1, 0.15) is 5.69 Å². The van der Waals surface area contributed by atoms with Gasteiger partial charge < -0.3 is 19.5 Å². The van der Waals surface area contributed by atoms with Crippen LogP contribution in [0.3, 0.4) is 0 Å². The van der Waals surface area contributed by atoms with Crippen LogP contribution in [-0.2, 0) is 18.3 Å². The first-order valence-corrected chi connectivity index (χ1v) is 6.95. The van der Waals surface area contributed by atoms with Crippen molar-refractivity contribution in [1.82, 2.24) is 9.55 Å². The van der Waals surface area contributed by atoms with Crippen LogP contribution in [0.2, 0.25) is 0 Å². The molecule has 5 heteroatoms. The Morgan fingerprint density at radius 3 is 2.60 bits per heavy atom. The smallest absolute Gasteiger partial charge is 0.0946 e. The van der Waals surface area contributed by atoms with Gasteiger partial charge in [0.25, 0.3) is 0 Å². The average molecular weight is 272 g/mol. The van der Waals surface area contributed by atoms with E-state index in [0.717, 1.165) is 38.5 Å². The largest absolute Gasteiger partial charge is 0.379 e. The van der Waals surface area contributed by atoms with Gasteiger partial charge >= 0.3 is 0 Å². The lowest BCUT2D eigenvalue weighted by molar-refractivity contribution is 0.122. The van der Waals surface area contributed by atoms with Crippen LogP contribution < -0.4 is 10.2 Å². The SMILES string of the molecule is Cn1cncc1CNc1ccc(N2CCOCC2)cc1. The first-order chi connectivity index (χ1) is 9.83. The van der Waals surface area contributed by atoms with Crippen LogP contribution in [0.4, 0.5) is 11.4 Å². The topological polar surface area (TPSA) is 42.3 Å². The van der Waals surface area contributed by atoms with Crippen LogP contribution in [-0.4, -0.2) is 35.9 Å². The maximum absolute atomic E-state index is 5.37. The van der Waals surface area contributed by atoms with Crippen molar-refractivity contribution in [2.75, 3.05) is 36.5 Å². The lowest BCUT2D eigenvalue weighted by atomic mass is 10.2. The molecule has 5 nitrogen and oxygen atoms in total. The molecule has 20 heavy (non-hydrogen) atoms.